The molecule has 1 N–H and O–H groups in total. The highest BCUT2D eigenvalue weighted by Gasteiger charge is 2.16. The van der Waals surface area contributed by atoms with Gasteiger partial charge in [-0.1, -0.05) is 23.5 Å². The van der Waals surface area contributed by atoms with Crippen LogP contribution in [0.5, 0.6) is 10.8 Å². The van der Waals surface area contributed by atoms with Gasteiger partial charge in [0.25, 0.3) is 0 Å². The Hall–Kier alpha value is -3.00. The molecule has 0 atom stereocenters. The topological polar surface area (TPSA) is 54.5 Å². The molecular weight excluding hydrogens is 360 g/mol. The summed E-state index contributed by atoms with van der Waals surface area (Å²) in [6.45, 7) is 1.78. The number of aromatic nitrogens is 1. The number of thiazole rings is 1. The van der Waals surface area contributed by atoms with Crippen molar-refractivity contribution in [2.24, 2.45) is 0 Å². The van der Waals surface area contributed by atoms with Gasteiger partial charge in [-0.25, -0.2) is 18.6 Å². The van der Waals surface area contributed by atoms with Crippen LogP contribution >= 0.6 is 11.3 Å². The van der Waals surface area contributed by atoms with Crippen molar-refractivity contribution in [3.63, 3.8) is 0 Å². The zero-order chi connectivity index (χ0) is 18.7. The Morgan fingerprint density at radius 3 is 2.73 bits per heavy atom. The summed E-state index contributed by atoms with van der Waals surface area (Å²) in [5.74, 6) is -0.503. The first-order valence-electron chi connectivity index (χ1n) is 7.62. The molecule has 0 unspecified atom stereocenters. The number of aryl methyl sites for hydroxylation is 1. The SMILES string of the molecule is Cc1ccc(F)cc1N(C)C(=O)Nc1ncc(Oc2cccc(F)c2)s1. The Bertz CT molecular complexity index is 946. The zero-order valence-electron chi connectivity index (χ0n) is 14.0. The number of carbonyl (C=O) groups is 1. The summed E-state index contributed by atoms with van der Waals surface area (Å²) >= 11 is 1.09. The van der Waals surface area contributed by atoms with Crippen molar-refractivity contribution in [1.29, 1.82) is 0 Å². The summed E-state index contributed by atoms with van der Waals surface area (Å²) in [7, 11) is 1.54. The minimum Gasteiger partial charge on any atom is -0.445 e. The molecule has 2 aromatic carbocycles. The highest BCUT2D eigenvalue weighted by Crippen LogP contribution is 2.31. The van der Waals surface area contributed by atoms with Gasteiger partial charge in [0.05, 0.1) is 11.9 Å². The predicted molar refractivity (Wildman–Crippen MR) is 97.1 cm³/mol. The van der Waals surface area contributed by atoms with Gasteiger partial charge in [0.2, 0.25) is 5.06 Å². The Morgan fingerprint density at radius 2 is 1.96 bits per heavy atom. The average Bonchev–Trinajstić information content (AvgIpc) is 3.03. The molecular formula is C18H15F2N3O2S. The van der Waals surface area contributed by atoms with Crippen molar-refractivity contribution in [2.75, 3.05) is 17.3 Å². The number of rotatable bonds is 4. The van der Waals surface area contributed by atoms with Crippen LogP contribution in [0, 0.1) is 18.6 Å². The maximum atomic E-state index is 13.4. The monoisotopic (exact) mass is 375 g/mol. The van der Waals surface area contributed by atoms with Crippen LogP contribution in [-0.4, -0.2) is 18.1 Å². The molecule has 1 heterocycles. The second-order valence-corrected chi connectivity index (χ2v) is 6.46. The van der Waals surface area contributed by atoms with E-state index in [0.717, 1.165) is 16.9 Å². The third kappa shape index (κ3) is 4.15. The van der Waals surface area contributed by atoms with E-state index in [9.17, 15) is 13.6 Å². The Kier molecular flexibility index (Phi) is 5.13. The van der Waals surface area contributed by atoms with Crippen LogP contribution in [0.2, 0.25) is 0 Å². The van der Waals surface area contributed by atoms with Crippen LogP contribution in [0.25, 0.3) is 0 Å². The number of halogens is 2. The van der Waals surface area contributed by atoms with Crippen LogP contribution < -0.4 is 15.0 Å². The molecule has 0 radical (unpaired) electrons. The normalized spacial score (nSPS) is 10.5. The Balaban J connectivity index is 1.68. The standard InChI is InChI=1S/C18H15F2N3O2S/c1-11-6-7-13(20)9-15(11)23(2)18(24)22-17-21-10-16(26-17)25-14-5-3-4-12(19)8-14/h3-10H,1-2H3,(H,21,22,24). The molecule has 1 aromatic heterocycles. The minimum atomic E-state index is -0.467. The fourth-order valence-electron chi connectivity index (χ4n) is 2.24. The second kappa shape index (κ2) is 7.49. The van der Waals surface area contributed by atoms with E-state index in [1.54, 1.807) is 19.1 Å². The molecule has 5 nitrogen and oxygen atoms in total. The summed E-state index contributed by atoms with van der Waals surface area (Å²) < 4.78 is 32.1. The number of amides is 2. The molecule has 8 heteroatoms. The molecule has 0 aliphatic carbocycles. The first kappa shape index (κ1) is 17.8. The van der Waals surface area contributed by atoms with E-state index < -0.39 is 17.7 Å². The molecule has 3 aromatic rings. The summed E-state index contributed by atoms with van der Waals surface area (Å²) in [6.07, 6.45) is 1.43. The first-order chi connectivity index (χ1) is 12.4. The van der Waals surface area contributed by atoms with Crippen molar-refractivity contribution in [3.8, 4) is 10.8 Å². The number of hydrogen-bond acceptors (Lipinski definition) is 4. The van der Waals surface area contributed by atoms with E-state index in [1.807, 2.05) is 0 Å². The van der Waals surface area contributed by atoms with E-state index in [2.05, 4.69) is 10.3 Å². The van der Waals surface area contributed by atoms with Crippen LogP contribution in [0.4, 0.5) is 24.4 Å². The van der Waals surface area contributed by atoms with E-state index >= 15 is 0 Å². The van der Waals surface area contributed by atoms with Gasteiger partial charge in [-0.15, -0.1) is 0 Å². The van der Waals surface area contributed by atoms with Crippen molar-refractivity contribution in [1.82, 2.24) is 4.98 Å². The Morgan fingerprint density at radius 1 is 1.19 bits per heavy atom. The summed E-state index contributed by atoms with van der Waals surface area (Å²) in [5, 5.41) is 3.33. The smallest absolute Gasteiger partial charge is 0.327 e. The highest BCUT2D eigenvalue weighted by atomic mass is 32.1. The maximum Gasteiger partial charge on any atom is 0.327 e. The fraction of sp³-hybridized carbons (Fsp3) is 0.111. The van der Waals surface area contributed by atoms with Crippen molar-refractivity contribution < 1.29 is 18.3 Å². The molecule has 0 saturated heterocycles. The molecule has 0 fully saturated rings. The van der Waals surface area contributed by atoms with Gasteiger partial charge in [0, 0.05) is 13.1 Å². The van der Waals surface area contributed by atoms with Gasteiger partial charge in [-0.3, -0.25) is 10.2 Å². The van der Waals surface area contributed by atoms with E-state index in [1.165, 1.54) is 48.5 Å². The van der Waals surface area contributed by atoms with Gasteiger partial charge in [0.1, 0.15) is 17.4 Å². The molecule has 0 spiro atoms. The van der Waals surface area contributed by atoms with Crippen LogP contribution in [0.15, 0.2) is 48.7 Å². The van der Waals surface area contributed by atoms with Gasteiger partial charge in [-0.2, -0.15) is 0 Å². The number of anilines is 2. The van der Waals surface area contributed by atoms with Crippen molar-refractivity contribution in [2.45, 2.75) is 6.92 Å². The lowest BCUT2D eigenvalue weighted by Gasteiger charge is -2.19. The van der Waals surface area contributed by atoms with Crippen LogP contribution in [0.1, 0.15) is 5.56 Å². The van der Waals surface area contributed by atoms with Gasteiger partial charge >= 0.3 is 6.03 Å². The number of carbonyl (C=O) groups excluding carboxylic acids is 1. The molecule has 134 valence electrons. The van der Waals surface area contributed by atoms with Gasteiger partial charge < -0.3 is 4.74 Å². The number of urea groups is 1. The zero-order valence-corrected chi connectivity index (χ0v) is 14.8. The lowest BCUT2D eigenvalue weighted by Crippen LogP contribution is -2.31. The number of nitrogens with zero attached hydrogens (tertiary/aromatic N) is 2. The average molecular weight is 375 g/mol. The largest absolute Gasteiger partial charge is 0.445 e. The molecule has 0 saturated carbocycles. The van der Waals surface area contributed by atoms with E-state index in [0.29, 0.717) is 21.6 Å². The highest BCUT2D eigenvalue weighted by molar-refractivity contribution is 7.17. The lowest BCUT2D eigenvalue weighted by molar-refractivity contribution is 0.258. The predicted octanol–water partition coefficient (Wildman–Crippen LogP) is 5.19. The van der Waals surface area contributed by atoms with Crippen LogP contribution in [-0.2, 0) is 0 Å². The lowest BCUT2D eigenvalue weighted by atomic mass is 10.2. The molecule has 26 heavy (non-hydrogen) atoms. The number of hydrogen-bond donors (Lipinski definition) is 1. The molecule has 2 amide bonds. The van der Waals surface area contributed by atoms with E-state index in [4.69, 9.17) is 4.74 Å². The number of benzene rings is 2. The minimum absolute atomic E-state index is 0.308. The van der Waals surface area contributed by atoms with Crippen molar-refractivity contribution >= 4 is 28.2 Å². The molecule has 0 bridgehead atoms. The first-order valence-corrected chi connectivity index (χ1v) is 8.44. The fourth-order valence-corrected chi connectivity index (χ4v) is 2.92. The third-order valence-corrected chi connectivity index (χ3v) is 4.34. The second-order valence-electron chi connectivity index (χ2n) is 5.46. The third-order valence-electron chi connectivity index (χ3n) is 3.55. The molecule has 0 aliphatic heterocycles. The molecule has 0 aliphatic rings. The van der Waals surface area contributed by atoms with Crippen molar-refractivity contribution in [3.05, 3.63) is 65.9 Å². The quantitative estimate of drug-likeness (QED) is 0.683. The summed E-state index contributed by atoms with van der Waals surface area (Å²) in [4.78, 5) is 17.7. The number of nitrogens with one attached hydrogen (secondary N) is 1. The van der Waals surface area contributed by atoms with Crippen LogP contribution in [0.3, 0.4) is 0 Å². The summed E-state index contributed by atoms with van der Waals surface area (Å²) in [5.41, 5.74) is 1.22. The maximum absolute atomic E-state index is 13.4. The van der Waals surface area contributed by atoms with Gasteiger partial charge in [0.15, 0.2) is 5.13 Å². The van der Waals surface area contributed by atoms with E-state index in [-0.39, 0.29) is 0 Å². The summed E-state index contributed by atoms with van der Waals surface area (Å²) in [6, 6.07) is 9.46. The van der Waals surface area contributed by atoms with Gasteiger partial charge in [-0.05, 0) is 36.8 Å². The molecule has 3 rings (SSSR count). The Labute approximate surface area is 152 Å². The number of ether oxygens (including phenoxy) is 1.